The zero-order chi connectivity index (χ0) is 17.4. The van der Waals surface area contributed by atoms with Crippen LogP contribution in [0, 0.1) is 11.8 Å². The highest BCUT2D eigenvalue weighted by Gasteiger charge is 2.31. The molecule has 0 amide bonds. The number of aliphatic hydroxyl groups is 1. The molecule has 2 rings (SSSR count). The number of allylic oxidation sites excluding steroid dienone is 1. The van der Waals surface area contributed by atoms with Crippen LogP contribution in [0.25, 0.3) is 0 Å². The smallest absolute Gasteiger partial charge is 0.182 e. The fraction of sp³-hybridized carbons (Fsp3) is 0.200. The van der Waals surface area contributed by atoms with Gasteiger partial charge >= 0.3 is 0 Å². The molecule has 0 radical (unpaired) electrons. The average Bonchev–Trinajstić information content (AvgIpc) is 2.62. The van der Waals surface area contributed by atoms with Gasteiger partial charge in [0.25, 0.3) is 0 Å². The minimum atomic E-state index is -3.17. The summed E-state index contributed by atoms with van der Waals surface area (Å²) in [5, 5.41) is 11.2. The van der Waals surface area contributed by atoms with Gasteiger partial charge in [0.1, 0.15) is 17.7 Å². The molecule has 24 heavy (non-hydrogen) atoms. The third kappa shape index (κ3) is 4.17. The minimum Gasteiger partial charge on any atom is -0.500 e. The molecule has 0 aromatic heterocycles. The number of benzene rings is 2. The Morgan fingerprint density at radius 3 is 2.04 bits per heavy atom. The van der Waals surface area contributed by atoms with Crippen LogP contribution in [0.2, 0.25) is 0 Å². The molecule has 0 fully saturated rings. The Hall–Kier alpha value is -2.27. The van der Waals surface area contributed by atoms with Crippen molar-refractivity contribution in [1.29, 1.82) is 0 Å². The third-order valence-corrected chi connectivity index (χ3v) is 6.30. The Morgan fingerprint density at radius 1 is 1.12 bits per heavy atom. The van der Waals surface area contributed by atoms with Crippen LogP contribution >= 0.6 is 7.14 Å². The van der Waals surface area contributed by atoms with E-state index in [1.54, 1.807) is 6.92 Å². The predicted octanol–water partition coefficient (Wildman–Crippen LogP) is 3.26. The first kappa shape index (κ1) is 18.1. The Morgan fingerprint density at radius 2 is 1.62 bits per heavy atom. The summed E-state index contributed by atoms with van der Waals surface area (Å²) in [5.74, 6) is 5.55. The third-order valence-electron chi connectivity index (χ3n) is 3.35. The van der Waals surface area contributed by atoms with Crippen LogP contribution < -0.4 is 10.6 Å². The molecule has 1 atom stereocenters. The van der Waals surface area contributed by atoms with Gasteiger partial charge in [0.2, 0.25) is 0 Å². The van der Waals surface area contributed by atoms with Crippen molar-refractivity contribution in [3.8, 4) is 11.8 Å². The first-order valence-electron chi connectivity index (χ1n) is 7.82. The summed E-state index contributed by atoms with van der Waals surface area (Å²) >= 11 is 0. The lowest BCUT2D eigenvalue weighted by molar-refractivity contribution is 0.253. The average molecular weight is 340 g/mol. The van der Waals surface area contributed by atoms with E-state index in [0.29, 0.717) is 22.5 Å². The number of aliphatic hydroxyl groups excluding tert-OH is 1. The van der Waals surface area contributed by atoms with E-state index in [1.807, 2.05) is 67.6 Å². The number of rotatable bonds is 5. The first-order chi connectivity index (χ1) is 11.6. The topological polar surface area (TPSA) is 46.5 Å². The highest BCUT2D eigenvalue weighted by atomic mass is 31.2. The molecule has 0 heterocycles. The Labute approximate surface area is 143 Å². The van der Waals surface area contributed by atoms with Gasteiger partial charge in [0.15, 0.2) is 7.14 Å². The van der Waals surface area contributed by atoms with E-state index >= 15 is 0 Å². The van der Waals surface area contributed by atoms with Gasteiger partial charge in [-0.1, -0.05) is 72.5 Å². The zero-order valence-corrected chi connectivity index (χ0v) is 14.7. The van der Waals surface area contributed by atoms with Crippen LogP contribution in [-0.2, 0) is 9.30 Å². The molecule has 2 aromatic carbocycles. The van der Waals surface area contributed by atoms with Crippen molar-refractivity contribution in [3.05, 3.63) is 72.2 Å². The second-order valence-corrected chi connectivity index (χ2v) is 7.92. The van der Waals surface area contributed by atoms with E-state index in [2.05, 4.69) is 11.8 Å². The molecule has 0 saturated carbocycles. The summed E-state index contributed by atoms with van der Waals surface area (Å²) < 4.78 is 19.5. The van der Waals surface area contributed by atoms with Crippen molar-refractivity contribution < 1.29 is 14.4 Å². The van der Waals surface area contributed by atoms with Crippen LogP contribution in [0.15, 0.2) is 72.2 Å². The Balaban J connectivity index is 2.69. The maximum Gasteiger partial charge on any atom is 0.182 e. The Kier molecular flexibility index (Phi) is 6.44. The number of hydrogen-bond donors (Lipinski definition) is 1. The lowest BCUT2D eigenvalue weighted by Gasteiger charge is -2.19. The van der Waals surface area contributed by atoms with E-state index in [0.717, 1.165) is 0 Å². The highest BCUT2D eigenvalue weighted by molar-refractivity contribution is 7.82. The van der Waals surface area contributed by atoms with Crippen LogP contribution in [0.3, 0.4) is 0 Å². The van der Waals surface area contributed by atoms with Crippen molar-refractivity contribution in [2.24, 2.45) is 0 Å². The summed E-state index contributed by atoms with van der Waals surface area (Å²) in [5.41, 5.74) is 0. The molecule has 0 bridgehead atoms. The molecule has 124 valence electrons. The second-order valence-electron chi connectivity index (χ2n) is 5.18. The van der Waals surface area contributed by atoms with Gasteiger partial charge in [-0.25, -0.2) is 0 Å². The molecule has 1 unspecified atom stereocenters. The van der Waals surface area contributed by atoms with Crippen molar-refractivity contribution in [3.63, 3.8) is 0 Å². The van der Waals surface area contributed by atoms with Gasteiger partial charge in [0.05, 0.1) is 6.61 Å². The van der Waals surface area contributed by atoms with E-state index in [-0.39, 0.29) is 0 Å². The summed E-state index contributed by atoms with van der Waals surface area (Å²) in [6.45, 7) is 3.87. The Bertz CT molecular complexity index is 740. The predicted molar refractivity (Wildman–Crippen MR) is 98.9 cm³/mol. The highest BCUT2D eigenvalue weighted by Crippen LogP contribution is 2.51. The van der Waals surface area contributed by atoms with E-state index in [4.69, 9.17) is 4.74 Å². The molecule has 0 aliphatic rings. The first-order valence-corrected chi connectivity index (χ1v) is 9.53. The summed E-state index contributed by atoms with van der Waals surface area (Å²) in [6.07, 6.45) is 0.644. The van der Waals surface area contributed by atoms with Gasteiger partial charge in [-0.3, -0.25) is 0 Å². The molecular weight excluding hydrogens is 319 g/mol. The molecule has 1 N–H and O–H groups in total. The standard InChI is InChI=1S/C20H21O3P/c1-3-23-16-20(15-14-17(2)21)24(22,18-10-6-4-7-11-18)19-12-8-5-9-13-19/h4-13,16-17,21H,3H2,1-2H3/b20-16+. The largest absolute Gasteiger partial charge is 0.500 e. The fourth-order valence-electron chi connectivity index (χ4n) is 2.23. The number of ether oxygens (including phenoxy) is 1. The van der Waals surface area contributed by atoms with E-state index in [1.165, 1.54) is 6.26 Å². The molecule has 0 aliphatic carbocycles. The van der Waals surface area contributed by atoms with Gasteiger partial charge in [-0.05, 0) is 13.8 Å². The summed E-state index contributed by atoms with van der Waals surface area (Å²) in [7, 11) is -3.17. The lowest BCUT2D eigenvalue weighted by Crippen LogP contribution is -2.17. The monoisotopic (exact) mass is 340 g/mol. The molecule has 3 nitrogen and oxygen atoms in total. The van der Waals surface area contributed by atoms with Gasteiger partial charge in [0, 0.05) is 10.6 Å². The quantitative estimate of drug-likeness (QED) is 0.516. The molecule has 0 saturated heterocycles. The molecule has 0 spiro atoms. The van der Waals surface area contributed by atoms with E-state index in [9.17, 15) is 9.67 Å². The van der Waals surface area contributed by atoms with Crippen molar-refractivity contribution in [2.45, 2.75) is 20.0 Å². The van der Waals surface area contributed by atoms with Crippen LogP contribution in [0.1, 0.15) is 13.8 Å². The minimum absolute atomic E-state index is 0.377. The maximum atomic E-state index is 14.1. The van der Waals surface area contributed by atoms with E-state index < -0.39 is 13.2 Å². The zero-order valence-electron chi connectivity index (χ0n) is 13.8. The van der Waals surface area contributed by atoms with Gasteiger partial charge in [-0.15, -0.1) is 0 Å². The molecule has 4 heteroatoms. The molecule has 0 aliphatic heterocycles. The molecule has 2 aromatic rings. The summed E-state index contributed by atoms with van der Waals surface area (Å²) in [4.78, 5) is 0. The maximum absolute atomic E-state index is 14.1. The van der Waals surface area contributed by atoms with Crippen molar-refractivity contribution >= 4 is 17.8 Å². The van der Waals surface area contributed by atoms with Crippen molar-refractivity contribution in [1.82, 2.24) is 0 Å². The SMILES string of the molecule is CCO/C=C(\C#CC(C)O)P(=O)(c1ccccc1)c1ccccc1. The normalized spacial score (nSPS) is 12.9. The fourth-order valence-corrected chi connectivity index (χ4v) is 4.71. The van der Waals surface area contributed by atoms with Crippen molar-refractivity contribution in [2.75, 3.05) is 6.61 Å². The van der Waals surface area contributed by atoms with Crippen LogP contribution in [0.5, 0.6) is 0 Å². The molecular formula is C20H21O3P. The number of hydrogen-bond acceptors (Lipinski definition) is 3. The lowest BCUT2D eigenvalue weighted by atomic mass is 10.4. The van der Waals surface area contributed by atoms with Gasteiger partial charge in [-0.2, -0.15) is 0 Å². The second kappa shape index (κ2) is 8.55. The summed E-state index contributed by atoms with van der Waals surface area (Å²) in [6, 6.07) is 18.5. The van der Waals surface area contributed by atoms with Crippen LogP contribution in [0.4, 0.5) is 0 Å². The van der Waals surface area contributed by atoms with Crippen LogP contribution in [-0.4, -0.2) is 17.8 Å². The van der Waals surface area contributed by atoms with Gasteiger partial charge < -0.3 is 14.4 Å².